The number of aromatic nitrogens is 2. The van der Waals surface area contributed by atoms with Gasteiger partial charge in [-0.15, -0.1) is 0 Å². The molecule has 0 radical (unpaired) electrons. The van der Waals surface area contributed by atoms with Crippen LogP contribution in [0.2, 0.25) is 0 Å². The molecule has 0 atom stereocenters. The standard InChI is InChI=1S/C17H23N5O/c1-2-23-14-10-6-5-9-13(14)22-17-15(18)16(19-11-20-17)21-12-7-3-4-8-12/h5-6,9-12H,2-4,7-8,18H2,1H3,(H2,19,20,21,22). The Labute approximate surface area is 136 Å². The van der Waals surface area contributed by atoms with Crippen molar-refractivity contribution in [2.75, 3.05) is 23.0 Å². The van der Waals surface area contributed by atoms with Gasteiger partial charge in [-0.25, -0.2) is 9.97 Å². The number of hydrogen-bond donors (Lipinski definition) is 3. The maximum absolute atomic E-state index is 6.24. The highest BCUT2D eigenvalue weighted by atomic mass is 16.5. The van der Waals surface area contributed by atoms with Gasteiger partial charge in [-0.2, -0.15) is 0 Å². The number of ether oxygens (including phenoxy) is 1. The molecule has 0 bridgehead atoms. The molecule has 122 valence electrons. The zero-order valence-corrected chi connectivity index (χ0v) is 13.4. The molecule has 6 nitrogen and oxygen atoms in total. The summed E-state index contributed by atoms with van der Waals surface area (Å²) in [5.74, 6) is 2.06. The molecule has 1 aromatic carbocycles. The summed E-state index contributed by atoms with van der Waals surface area (Å²) >= 11 is 0. The molecular formula is C17H23N5O. The first kappa shape index (κ1) is 15.4. The molecule has 2 aromatic rings. The predicted molar refractivity (Wildman–Crippen MR) is 93.2 cm³/mol. The number of benzene rings is 1. The summed E-state index contributed by atoms with van der Waals surface area (Å²) in [4.78, 5) is 8.55. The van der Waals surface area contributed by atoms with E-state index in [9.17, 15) is 0 Å². The minimum Gasteiger partial charge on any atom is -0.492 e. The third-order valence-electron chi connectivity index (χ3n) is 4.02. The zero-order chi connectivity index (χ0) is 16.1. The molecule has 1 aliphatic carbocycles. The van der Waals surface area contributed by atoms with Crippen molar-refractivity contribution in [3.8, 4) is 5.75 Å². The average Bonchev–Trinajstić information content (AvgIpc) is 3.06. The van der Waals surface area contributed by atoms with Gasteiger partial charge < -0.3 is 21.1 Å². The molecule has 1 heterocycles. The normalized spacial score (nSPS) is 14.7. The number of para-hydroxylation sites is 2. The van der Waals surface area contributed by atoms with E-state index in [4.69, 9.17) is 10.5 Å². The van der Waals surface area contributed by atoms with Crippen LogP contribution < -0.4 is 21.1 Å². The van der Waals surface area contributed by atoms with E-state index >= 15 is 0 Å². The van der Waals surface area contributed by atoms with Crippen molar-refractivity contribution in [3.05, 3.63) is 30.6 Å². The fourth-order valence-corrected chi connectivity index (χ4v) is 2.85. The van der Waals surface area contributed by atoms with Crippen LogP contribution in [0.3, 0.4) is 0 Å². The van der Waals surface area contributed by atoms with E-state index in [0.717, 1.165) is 11.4 Å². The molecule has 1 saturated carbocycles. The molecule has 1 aliphatic rings. The Morgan fingerprint density at radius 1 is 1.17 bits per heavy atom. The van der Waals surface area contributed by atoms with Crippen molar-refractivity contribution >= 4 is 23.0 Å². The highest BCUT2D eigenvalue weighted by molar-refractivity contribution is 5.79. The summed E-state index contributed by atoms with van der Waals surface area (Å²) < 4.78 is 5.62. The van der Waals surface area contributed by atoms with Crippen molar-refractivity contribution in [1.29, 1.82) is 0 Å². The van der Waals surface area contributed by atoms with Gasteiger partial charge >= 0.3 is 0 Å². The number of nitrogens with two attached hydrogens (primary N) is 1. The average molecular weight is 313 g/mol. The summed E-state index contributed by atoms with van der Waals surface area (Å²) in [7, 11) is 0. The molecule has 0 saturated heterocycles. The van der Waals surface area contributed by atoms with E-state index in [2.05, 4.69) is 20.6 Å². The Morgan fingerprint density at radius 2 is 1.91 bits per heavy atom. The minimum absolute atomic E-state index is 0.454. The molecule has 23 heavy (non-hydrogen) atoms. The van der Waals surface area contributed by atoms with E-state index < -0.39 is 0 Å². The summed E-state index contributed by atoms with van der Waals surface area (Å²) in [5, 5.41) is 6.68. The molecular weight excluding hydrogens is 290 g/mol. The van der Waals surface area contributed by atoms with Gasteiger partial charge in [-0.1, -0.05) is 25.0 Å². The van der Waals surface area contributed by atoms with Gasteiger partial charge in [0, 0.05) is 6.04 Å². The van der Waals surface area contributed by atoms with E-state index in [1.54, 1.807) is 0 Å². The number of nitrogens with zero attached hydrogens (tertiary/aromatic N) is 2. The number of hydrogen-bond acceptors (Lipinski definition) is 6. The number of anilines is 4. The molecule has 0 aliphatic heterocycles. The van der Waals surface area contributed by atoms with E-state index in [0.29, 0.717) is 30.0 Å². The molecule has 6 heteroatoms. The molecule has 0 spiro atoms. The highest BCUT2D eigenvalue weighted by Crippen LogP contribution is 2.32. The van der Waals surface area contributed by atoms with Crippen molar-refractivity contribution < 1.29 is 4.74 Å². The maximum Gasteiger partial charge on any atom is 0.159 e. The van der Waals surface area contributed by atoms with Gasteiger partial charge in [-0.05, 0) is 31.9 Å². The molecule has 4 N–H and O–H groups in total. The Morgan fingerprint density at radius 3 is 2.70 bits per heavy atom. The lowest BCUT2D eigenvalue weighted by Crippen LogP contribution is -2.17. The van der Waals surface area contributed by atoms with Crippen LogP contribution in [-0.2, 0) is 0 Å². The largest absolute Gasteiger partial charge is 0.492 e. The summed E-state index contributed by atoms with van der Waals surface area (Å²) in [6.07, 6.45) is 6.38. The van der Waals surface area contributed by atoms with Crippen LogP contribution in [0.4, 0.5) is 23.0 Å². The van der Waals surface area contributed by atoms with Crippen molar-refractivity contribution in [3.63, 3.8) is 0 Å². The molecule has 1 fully saturated rings. The van der Waals surface area contributed by atoms with Gasteiger partial charge in [-0.3, -0.25) is 0 Å². The quantitative estimate of drug-likeness (QED) is 0.756. The van der Waals surface area contributed by atoms with E-state index in [-0.39, 0.29) is 0 Å². The lowest BCUT2D eigenvalue weighted by molar-refractivity contribution is 0.342. The fourth-order valence-electron chi connectivity index (χ4n) is 2.85. The maximum atomic E-state index is 6.24. The van der Waals surface area contributed by atoms with E-state index in [1.165, 1.54) is 32.0 Å². The first-order chi connectivity index (χ1) is 11.3. The van der Waals surface area contributed by atoms with Crippen molar-refractivity contribution in [1.82, 2.24) is 9.97 Å². The zero-order valence-electron chi connectivity index (χ0n) is 13.4. The van der Waals surface area contributed by atoms with Gasteiger partial charge in [0.25, 0.3) is 0 Å². The van der Waals surface area contributed by atoms with Crippen molar-refractivity contribution in [2.45, 2.75) is 38.6 Å². The topological polar surface area (TPSA) is 85.1 Å². The minimum atomic E-state index is 0.454. The first-order valence-electron chi connectivity index (χ1n) is 8.13. The monoisotopic (exact) mass is 313 g/mol. The van der Waals surface area contributed by atoms with Gasteiger partial charge in [0.05, 0.1) is 12.3 Å². The van der Waals surface area contributed by atoms with Crippen LogP contribution in [-0.4, -0.2) is 22.6 Å². The summed E-state index contributed by atoms with van der Waals surface area (Å²) in [5.41, 5.74) is 7.61. The van der Waals surface area contributed by atoms with Gasteiger partial charge in [0.2, 0.25) is 0 Å². The number of nitrogens with one attached hydrogen (secondary N) is 2. The number of nitrogen functional groups attached to an aromatic ring is 1. The summed E-state index contributed by atoms with van der Waals surface area (Å²) in [6.45, 7) is 2.56. The lowest BCUT2D eigenvalue weighted by atomic mass is 10.2. The van der Waals surface area contributed by atoms with Gasteiger partial charge in [0.1, 0.15) is 17.8 Å². The molecule has 0 unspecified atom stereocenters. The molecule has 0 amide bonds. The second kappa shape index (κ2) is 7.17. The lowest BCUT2D eigenvalue weighted by Gasteiger charge is -2.17. The Hall–Kier alpha value is -2.50. The number of rotatable bonds is 6. The van der Waals surface area contributed by atoms with Crippen molar-refractivity contribution in [2.24, 2.45) is 0 Å². The van der Waals surface area contributed by atoms with Crippen LogP contribution >= 0.6 is 0 Å². The van der Waals surface area contributed by atoms with Crippen LogP contribution in [0.25, 0.3) is 0 Å². The third-order valence-corrected chi connectivity index (χ3v) is 4.02. The highest BCUT2D eigenvalue weighted by Gasteiger charge is 2.18. The third kappa shape index (κ3) is 3.64. The SMILES string of the molecule is CCOc1ccccc1Nc1ncnc(NC2CCCC2)c1N. The Bertz CT molecular complexity index is 655. The molecule has 3 rings (SSSR count). The Kier molecular flexibility index (Phi) is 4.80. The second-order valence-electron chi connectivity index (χ2n) is 5.66. The first-order valence-corrected chi connectivity index (χ1v) is 8.13. The van der Waals surface area contributed by atoms with Crippen LogP contribution in [0.1, 0.15) is 32.6 Å². The van der Waals surface area contributed by atoms with Gasteiger partial charge in [0.15, 0.2) is 11.6 Å². The smallest absolute Gasteiger partial charge is 0.159 e. The fraction of sp³-hybridized carbons (Fsp3) is 0.412. The summed E-state index contributed by atoms with van der Waals surface area (Å²) in [6, 6.07) is 8.19. The predicted octanol–water partition coefficient (Wildman–Crippen LogP) is 3.56. The van der Waals surface area contributed by atoms with E-state index in [1.807, 2.05) is 31.2 Å². The molecule has 1 aromatic heterocycles. The Balaban J connectivity index is 1.80. The van der Waals surface area contributed by atoms with Crippen LogP contribution in [0.5, 0.6) is 5.75 Å². The van der Waals surface area contributed by atoms with Crippen LogP contribution in [0.15, 0.2) is 30.6 Å². The van der Waals surface area contributed by atoms with Crippen LogP contribution in [0, 0.1) is 0 Å². The second-order valence-corrected chi connectivity index (χ2v) is 5.66.